The molecule has 0 spiro atoms. The van der Waals surface area contributed by atoms with Crippen molar-refractivity contribution in [1.82, 2.24) is 5.32 Å². The molecule has 1 aliphatic heterocycles. The molecule has 0 bridgehead atoms. The average Bonchev–Trinajstić information content (AvgIpc) is 2.74. The lowest BCUT2D eigenvalue weighted by atomic mass is 9.93. The van der Waals surface area contributed by atoms with Gasteiger partial charge in [0.15, 0.2) is 0 Å². The third-order valence-electron chi connectivity index (χ3n) is 4.94. The molecule has 4 rings (SSSR count). The zero-order valence-corrected chi connectivity index (χ0v) is 15.5. The topological polar surface area (TPSA) is 53.8 Å². The van der Waals surface area contributed by atoms with E-state index in [-0.39, 0.29) is 23.8 Å². The Morgan fingerprint density at radius 2 is 1.82 bits per heavy atom. The van der Waals surface area contributed by atoms with Gasteiger partial charge in [-0.25, -0.2) is 4.39 Å². The molecule has 28 heavy (non-hydrogen) atoms. The molecule has 0 unspecified atom stereocenters. The second-order valence-electron chi connectivity index (χ2n) is 6.74. The predicted octanol–water partition coefficient (Wildman–Crippen LogP) is 4.76. The number of methoxy groups -OCH3 is 1. The van der Waals surface area contributed by atoms with Crippen LogP contribution in [0.25, 0.3) is 0 Å². The summed E-state index contributed by atoms with van der Waals surface area (Å²) in [6, 6.07) is 21.3. The summed E-state index contributed by atoms with van der Waals surface area (Å²) in [5, 5.41) is 13.8. The van der Waals surface area contributed by atoms with Gasteiger partial charge in [0, 0.05) is 23.7 Å². The van der Waals surface area contributed by atoms with Gasteiger partial charge in [0.1, 0.15) is 23.5 Å². The fraction of sp³-hybridized carbons (Fsp3) is 0.174. The first-order chi connectivity index (χ1) is 13.6. The number of phenols is 1. The molecule has 142 valence electrons. The zero-order chi connectivity index (χ0) is 19.5. The van der Waals surface area contributed by atoms with Gasteiger partial charge in [0.2, 0.25) is 0 Å². The molecule has 1 aliphatic rings. The summed E-state index contributed by atoms with van der Waals surface area (Å²) in [6.07, 6.45) is 0.266. The highest BCUT2D eigenvalue weighted by Gasteiger charge is 2.27. The molecule has 0 saturated heterocycles. The molecule has 0 aliphatic carbocycles. The van der Waals surface area contributed by atoms with Gasteiger partial charge in [-0.2, -0.15) is 0 Å². The molecule has 2 atom stereocenters. The van der Waals surface area contributed by atoms with E-state index in [0.29, 0.717) is 6.42 Å². The molecule has 1 heterocycles. The van der Waals surface area contributed by atoms with Gasteiger partial charge in [-0.1, -0.05) is 42.5 Å². The molecule has 4 nitrogen and oxygen atoms in total. The average molecular weight is 376 g/mol. The molecule has 0 radical (unpaired) electrons. The standard InChI is InChI=1S/C23H21FN2O2/c1-28-18-6-4-5-16(13-18)20-14-21(19-7-2-3-8-22(19)27)26-23(25-20)15-9-11-17(24)12-10-15/h2-13,21,23,26-27H,14H2,1H3/t21-,23+/m0/s1. The van der Waals surface area contributed by atoms with Crippen LogP contribution in [0.5, 0.6) is 11.5 Å². The number of para-hydroxylation sites is 1. The van der Waals surface area contributed by atoms with Crippen LogP contribution in [-0.2, 0) is 0 Å². The van der Waals surface area contributed by atoms with Crippen molar-refractivity contribution in [3.8, 4) is 11.5 Å². The van der Waals surface area contributed by atoms with Crippen molar-refractivity contribution in [1.29, 1.82) is 0 Å². The minimum atomic E-state index is -0.347. The molecule has 0 aromatic heterocycles. The van der Waals surface area contributed by atoms with E-state index in [2.05, 4.69) is 5.32 Å². The number of hydrogen-bond acceptors (Lipinski definition) is 4. The van der Waals surface area contributed by atoms with Gasteiger partial charge in [-0.3, -0.25) is 10.3 Å². The molecule has 5 heteroatoms. The number of hydrogen-bond donors (Lipinski definition) is 2. The summed E-state index contributed by atoms with van der Waals surface area (Å²) in [7, 11) is 1.63. The quantitative estimate of drug-likeness (QED) is 0.690. The van der Waals surface area contributed by atoms with E-state index in [0.717, 1.165) is 28.2 Å². The van der Waals surface area contributed by atoms with Gasteiger partial charge in [0.05, 0.1) is 7.11 Å². The second kappa shape index (κ2) is 7.82. The van der Waals surface area contributed by atoms with Crippen molar-refractivity contribution in [2.24, 2.45) is 4.99 Å². The molecule has 0 fully saturated rings. The van der Waals surface area contributed by atoms with Crippen molar-refractivity contribution < 1.29 is 14.2 Å². The smallest absolute Gasteiger partial charge is 0.126 e. The van der Waals surface area contributed by atoms with Gasteiger partial charge < -0.3 is 9.84 Å². The highest BCUT2D eigenvalue weighted by molar-refractivity contribution is 6.02. The Balaban J connectivity index is 1.76. The highest BCUT2D eigenvalue weighted by Crippen LogP contribution is 2.34. The van der Waals surface area contributed by atoms with Crippen LogP contribution < -0.4 is 10.1 Å². The van der Waals surface area contributed by atoms with Gasteiger partial charge in [0.25, 0.3) is 0 Å². The summed E-state index contributed by atoms with van der Waals surface area (Å²) < 4.78 is 18.7. The summed E-state index contributed by atoms with van der Waals surface area (Å²) in [5.41, 5.74) is 3.54. The van der Waals surface area contributed by atoms with E-state index in [1.165, 1.54) is 12.1 Å². The number of rotatable bonds is 4. The molecule has 0 saturated carbocycles. The summed E-state index contributed by atoms with van der Waals surface area (Å²) >= 11 is 0. The van der Waals surface area contributed by atoms with Crippen LogP contribution in [0.4, 0.5) is 4.39 Å². The van der Waals surface area contributed by atoms with Gasteiger partial charge >= 0.3 is 0 Å². The van der Waals surface area contributed by atoms with Crippen LogP contribution in [0.1, 0.15) is 35.3 Å². The van der Waals surface area contributed by atoms with Crippen molar-refractivity contribution in [2.45, 2.75) is 18.6 Å². The minimum Gasteiger partial charge on any atom is -0.508 e. The van der Waals surface area contributed by atoms with Crippen LogP contribution in [0, 0.1) is 5.82 Å². The van der Waals surface area contributed by atoms with Crippen LogP contribution in [-0.4, -0.2) is 17.9 Å². The van der Waals surface area contributed by atoms with Crippen LogP contribution in [0.15, 0.2) is 77.8 Å². The Morgan fingerprint density at radius 3 is 2.57 bits per heavy atom. The molecular weight excluding hydrogens is 355 g/mol. The number of ether oxygens (including phenoxy) is 1. The SMILES string of the molecule is COc1cccc(C2=N[C@@H](c3ccc(F)cc3)N[C@H](c3ccccc3O)C2)c1. The highest BCUT2D eigenvalue weighted by atomic mass is 19.1. The first-order valence-electron chi connectivity index (χ1n) is 9.14. The number of nitrogens with zero attached hydrogens (tertiary/aromatic N) is 1. The summed E-state index contributed by atoms with van der Waals surface area (Å²) in [4.78, 5) is 4.88. The zero-order valence-electron chi connectivity index (χ0n) is 15.5. The maximum atomic E-state index is 13.4. The first kappa shape index (κ1) is 18.2. The number of nitrogens with one attached hydrogen (secondary N) is 1. The van der Waals surface area contributed by atoms with E-state index in [4.69, 9.17) is 9.73 Å². The van der Waals surface area contributed by atoms with Gasteiger partial charge in [-0.15, -0.1) is 0 Å². The molecule has 2 N–H and O–H groups in total. The predicted molar refractivity (Wildman–Crippen MR) is 107 cm³/mol. The Kier molecular flexibility index (Phi) is 5.08. The number of aromatic hydroxyl groups is 1. The Bertz CT molecular complexity index is 1000. The third-order valence-corrected chi connectivity index (χ3v) is 4.94. The van der Waals surface area contributed by atoms with E-state index >= 15 is 0 Å². The van der Waals surface area contributed by atoms with Crippen molar-refractivity contribution in [3.63, 3.8) is 0 Å². The number of aliphatic imine (C=N–C) groups is 1. The van der Waals surface area contributed by atoms with E-state index < -0.39 is 0 Å². The summed E-state index contributed by atoms with van der Waals surface area (Å²) in [6.45, 7) is 0. The fourth-order valence-electron chi connectivity index (χ4n) is 3.48. The monoisotopic (exact) mass is 376 g/mol. The number of phenolic OH excluding ortho intramolecular Hbond substituents is 1. The Hall–Kier alpha value is -3.18. The molecule has 0 amide bonds. The lowest BCUT2D eigenvalue weighted by Gasteiger charge is -2.31. The Labute approximate surface area is 163 Å². The number of halogens is 1. The third kappa shape index (κ3) is 3.75. The lowest BCUT2D eigenvalue weighted by molar-refractivity contribution is 0.410. The molecule has 3 aromatic carbocycles. The molecule has 3 aromatic rings. The largest absolute Gasteiger partial charge is 0.508 e. The van der Waals surface area contributed by atoms with E-state index in [9.17, 15) is 9.50 Å². The normalized spacial score (nSPS) is 19.1. The minimum absolute atomic E-state index is 0.130. The second-order valence-corrected chi connectivity index (χ2v) is 6.74. The van der Waals surface area contributed by atoms with E-state index in [1.54, 1.807) is 31.4 Å². The van der Waals surface area contributed by atoms with Crippen molar-refractivity contribution in [3.05, 3.63) is 95.3 Å². The Morgan fingerprint density at radius 1 is 1.04 bits per heavy atom. The lowest BCUT2D eigenvalue weighted by Crippen LogP contribution is -2.33. The maximum Gasteiger partial charge on any atom is 0.126 e. The number of benzene rings is 3. The first-order valence-corrected chi connectivity index (χ1v) is 9.14. The molecular formula is C23H21FN2O2. The van der Waals surface area contributed by atoms with Crippen molar-refractivity contribution >= 4 is 5.71 Å². The van der Waals surface area contributed by atoms with Crippen LogP contribution >= 0.6 is 0 Å². The van der Waals surface area contributed by atoms with Crippen LogP contribution in [0.3, 0.4) is 0 Å². The van der Waals surface area contributed by atoms with Gasteiger partial charge in [-0.05, 0) is 41.5 Å². The van der Waals surface area contributed by atoms with E-state index in [1.807, 2.05) is 36.4 Å². The van der Waals surface area contributed by atoms with Crippen LogP contribution in [0.2, 0.25) is 0 Å². The fourth-order valence-corrected chi connectivity index (χ4v) is 3.48. The summed E-state index contributed by atoms with van der Waals surface area (Å²) in [5.74, 6) is 0.717. The van der Waals surface area contributed by atoms with Crippen molar-refractivity contribution in [2.75, 3.05) is 7.11 Å². The maximum absolute atomic E-state index is 13.4.